The van der Waals surface area contributed by atoms with Gasteiger partial charge in [0.05, 0.1) is 17.9 Å². The summed E-state index contributed by atoms with van der Waals surface area (Å²) >= 11 is 0. The molecular weight excluding hydrogens is 419 g/mol. The summed E-state index contributed by atoms with van der Waals surface area (Å²) in [5.74, 6) is 0.888. The molecule has 5 nitrogen and oxygen atoms in total. The van der Waals surface area contributed by atoms with Crippen LogP contribution in [0.3, 0.4) is 0 Å². The monoisotopic (exact) mass is 448 g/mol. The molecule has 3 aromatic rings. The van der Waals surface area contributed by atoms with Gasteiger partial charge in [-0.15, -0.1) is 0 Å². The van der Waals surface area contributed by atoms with E-state index in [4.69, 9.17) is 14.2 Å². The van der Waals surface area contributed by atoms with Gasteiger partial charge >= 0.3 is 0 Å². The number of halogens is 1. The molecule has 2 aromatic carbocycles. The molecule has 0 radical (unpaired) electrons. The van der Waals surface area contributed by atoms with Crippen molar-refractivity contribution in [1.29, 1.82) is 0 Å². The van der Waals surface area contributed by atoms with Crippen LogP contribution in [0.5, 0.6) is 11.5 Å². The Morgan fingerprint density at radius 2 is 1.73 bits per heavy atom. The summed E-state index contributed by atoms with van der Waals surface area (Å²) in [4.78, 5) is 6.78. The molecule has 2 aliphatic heterocycles. The molecule has 0 N–H and O–H groups in total. The van der Waals surface area contributed by atoms with Crippen LogP contribution >= 0.6 is 0 Å². The standard InChI is InChI=1S/C27H29FN2O3/c28-24-9-2-4-11-26(24)33-23-17-27(32-20-23)12-15-30(16-13-27)18-21-7-1-3-10-25(21)31-19-22-8-5-6-14-29-22/h1-11,14,23H,12-13,15-20H2. The fraction of sp³-hybridized carbons (Fsp3) is 0.370. The number of rotatable bonds is 7. The van der Waals surface area contributed by atoms with Crippen molar-refractivity contribution in [2.24, 2.45) is 0 Å². The van der Waals surface area contributed by atoms with Crippen LogP contribution in [0.4, 0.5) is 4.39 Å². The maximum absolute atomic E-state index is 13.9. The number of para-hydroxylation sites is 2. The van der Waals surface area contributed by atoms with Gasteiger partial charge in [0.25, 0.3) is 0 Å². The van der Waals surface area contributed by atoms with Gasteiger partial charge in [0.15, 0.2) is 11.6 Å². The molecule has 33 heavy (non-hydrogen) atoms. The van der Waals surface area contributed by atoms with Crippen molar-refractivity contribution in [3.8, 4) is 11.5 Å². The Morgan fingerprint density at radius 3 is 2.52 bits per heavy atom. The molecule has 0 bridgehead atoms. The van der Waals surface area contributed by atoms with Gasteiger partial charge in [0.1, 0.15) is 18.5 Å². The van der Waals surface area contributed by atoms with Crippen LogP contribution in [0.15, 0.2) is 72.9 Å². The van der Waals surface area contributed by atoms with E-state index in [2.05, 4.69) is 22.0 Å². The number of aromatic nitrogens is 1. The molecule has 1 atom stereocenters. The molecule has 2 aliphatic rings. The van der Waals surface area contributed by atoms with Gasteiger partial charge in [0, 0.05) is 37.8 Å². The van der Waals surface area contributed by atoms with Gasteiger partial charge in [-0.2, -0.15) is 0 Å². The van der Waals surface area contributed by atoms with Crippen molar-refractivity contribution in [2.45, 2.75) is 44.1 Å². The molecule has 2 fully saturated rings. The van der Waals surface area contributed by atoms with E-state index in [1.165, 1.54) is 11.6 Å². The summed E-state index contributed by atoms with van der Waals surface area (Å²) in [5.41, 5.74) is 1.93. The van der Waals surface area contributed by atoms with E-state index < -0.39 is 0 Å². The molecule has 1 spiro atoms. The second kappa shape index (κ2) is 9.89. The van der Waals surface area contributed by atoms with Crippen LogP contribution in [0, 0.1) is 5.82 Å². The van der Waals surface area contributed by atoms with Crippen molar-refractivity contribution in [3.05, 3.63) is 90.0 Å². The molecule has 0 amide bonds. The van der Waals surface area contributed by atoms with E-state index in [0.717, 1.165) is 50.3 Å². The van der Waals surface area contributed by atoms with Gasteiger partial charge < -0.3 is 14.2 Å². The lowest BCUT2D eigenvalue weighted by molar-refractivity contribution is -0.0455. The number of pyridine rings is 1. The Morgan fingerprint density at radius 1 is 0.970 bits per heavy atom. The third-order valence-corrected chi connectivity index (χ3v) is 6.54. The van der Waals surface area contributed by atoms with E-state index in [9.17, 15) is 4.39 Å². The summed E-state index contributed by atoms with van der Waals surface area (Å²) in [5, 5.41) is 0. The molecule has 0 aliphatic carbocycles. The Hall–Kier alpha value is -2.96. The number of hydrogen-bond donors (Lipinski definition) is 0. The molecule has 1 unspecified atom stereocenters. The highest BCUT2D eigenvalue weighted by Gasteiger charge is 2.43. The first-order chi connectivity index (χ1) is 16.2. The lowest BCUT2D eigenvalue weighted by atomic mass is 9.88. The third kappa shape index (κ3) is 5.34. The van der Waals surface area contributed by atoms with Crippen LogP contribution in [-0.2, 0) is 17.9 Å². The Kier molecular flexibility index (Phi) is 6.55. The van der Waals surface area contributed by atoms with Crippen LogP contribution in [0.1, 0.15) is 30.5 Å². The highest BCUT2D eigenvalue weighted by molar-refractivity contribution is 5.33. The number of ether oxygens (including phenoxy) is 3. The van der Waals surface area contributed by atoms with Crippen molar-refractivity contribution >= 4 is 0 Å². The lowest BCUT2D eigenvalue weighted by Gasteiger charge is -2.38. The molecule has 3 heterocycles. The maximum atomic E-state index is 13.9. The fourth-order valence-corrected chi connectivity index (χ4v) is 4.72. The lowest BCUT2D eigenvalue weighted by Crippen LogP contribution is -2.44. The van der Waals surface area contributed by atoms with Crippen LogP contribution in [-0.4, -0.2) is 41.3 Å². The minimum atomic E-state index is -0.322. The van der Waals surface area contributed by atoms with Crippen molar-refractivity contribution in [3.63, 3.8) is 0 Å². The normalized spacial score (nSPS) is 20.1. The number of likely N-dealkylation sites (tertiary alicyclic amines) is 1. The van der Waals surface area contributed by atoms with Gasteiger partial charge in [-0.05, 0) is 43.2 Å². The first-order valence-corrected chi connectivity index (χ1v) is 11.6. The van der Waals surface area contributed by atoms with Crippen molar-refractivity contribution in [1.82, 2.24) is 9.88 Å². The summed E-state index contributed by atoms with van der Waals surface area (Å²) in [6.07, 6.45) is 4.38. The average molecular weight is 449 g/mol. The first kappa shape index (κ1) is 21.9. The Bertz CT molecular complexity index is 1050. The quantitative estimate of drug-likeness (QED) is 0.509. The maximum Gasteiger partial charge on any atom is 0.165 e. The molecule has 6 heteroatoms. The highest BCUT2D eigenvalue weighted by atomic mass is 19.1. The van der Waals surface area contributed by atoms with Crippen molar-refractivity contribution in [2.75, 3.05) is 19.7 Å². The Balaban J connectivity index is 1.14. The number of nitrogens with zero attached hydrogens (tertiary/aromatic N) is 2. The van der Waals surface area contributed by atoms with Crippen LogP contribution < -0.4 is 9.47 Å². The minimum absolute atomic E-state index is 0.103. The third-order valence-electron chi connectivity index (χ3n) is 6.54. The van der Waals surface area contributed by atoms with Crippen LogP contribution in [0.25, 0.3) is 0 Å². The van der Waals surface area contributed by atoms with Crippen LogP contribution in [0.2, 0.25) is 0 Å². The zero-order chi connectivity index (χ0) is 22.5. The summed E-state index contributed by atoms with van der Waals surface area (Å²) in [6, 6.07) is 20.6. The first-order valence-electron chi connectivity index (χ1n) is 11.6. The molecular formula is C27H29FN2O3. The molecule has 2 saturated heterocycles. The molecule has 5 rings (SSSR count). The average Bonchev–Trinajstić information content (AvgIpc) is 3.24. The number of benzene rings is 2. The van der Waals surface area contributed by atoms with Gasteiger partial charge in [0.2, 0.25) is 0 Å². The van der Waals surface area contributed by atoms with E-state index in [1.807, 2.05) is 30.3 Å². The zero-order valence-electron chi connectivity index (χ0n) is 18.7. The second-order valence-corrected chi connectivity index (χ2v) is 8.86. The van der Waals surface area contributed by atoms with E-state index in [0.29, 0.717) is 19.0 Å². The zero-order valence-corrected chi connectivity index (χ0v) is 18.7. The summed E-state index contributed by atoms with van der Waals surface area (Å²) in [6.45, 7) is 3.70. The SMILES string of the molecule is Fc1ccccc1OC1COC2(CCN(Cc3ccccc3OCc3ccccn3)CC2)C1. The van der Waals surface area contributed by atoms with Gasteiger partial charge in [-0.1, -0.05) is 36.4 Å². The summed E-state index contributed by atoms with van der Waals surface area (Å²) in [7, 11) is 0. The predicted molar refractivity (Wildman–Crippen MR) is 124 cm³/mol. The highest BCUT2D eigenvalue weighted by Crippen LogP contribution is 2.38. The second-order valence-electron chi connectivity index (χ2n) is 8.86. The fourth-order valence-electron chi connectivity index (χ4n) is 4.72. The van der Waals surface area contributed by atoms with E-state index in [1.54, 1.807) is 24.4 Å². The summed E-state index contributed by atoms with van der Waals surface area (Å²) < 4.78 is 32.1. The largest absolute Gasteiger partial charge is 0.487 e. The smallest absolute Gasteiger partial charge is 0.165 e. The van der Waals surface area contributed by atoms with E-state index >= 15 is 0 Å². The van der Waals surface area contributed by atoms with Gasteiger partial charge in [-0.25, -0.2) is 4.39 Å². The van der Waals surface area contributed by atoms with E-state index in [-0.39, 0.29) is 17.5 Å². The number of piperidine rings is 1. The molecule has 0 saturated carbocycles. The predicted octanol–water partition coefficient (Wildman–Crippen LogP) is 5.00. The minimum Gasteiger partial charge on any atom is -0.487 e. The molecule has 1 aromatic heterocycles. The Labute approximate surface area is 194 Å². The topological polar surface area (TPSA) is 43.8 Å². The number of hydrogen-bond acceptors (Lipinski definition) is 5. The van der Waals surface area contributed by atoms with Gasteiger partial charge in [-0.3, -0.25) is 9.88 Å². The molecule has 172 valence electrons. The van der Waals surface area contributed by atoms with Crippen molar-refractivity contribution < 1.29 is 18.6 Å².